The summed E-state index contributed by atoms with van der Waals surface area (Å²) >= 11 is 0. The summed E-state index contributed by atoms with van der Waals surface area (Å²) in [5.74, 6) is -1.60. The number of para-hydroxylation sites is 1. The number of carbonyl (C=O) groups is 2. The number of carboxylic acid groups (broad SMARTS) is 1. The van der Waals surface area contributed by atoms with Crippen molar-refractivity contribution in [1.82, 2.24) is 4.98 Å². The van der Waals surface area contributed by atoms with Gasteiger partial charge in [0, 0.05) is 5.39 Å². The maximum Gasteiger partial charge on any atom is 0.354 e. The van der Waals surface area contributed by atoms with E-state index in [0.29, 0.717) is 16.6 Å². The Morgan fingerprint density at radius 2 is 2.11 bits per heavy atom. The molecule has 0 radical (unpaired) electrons. The molecule has 1 aromatic heterocycles. The number of benzene rings is 1. The molecule has 6 heteroatoms. The van der Waals surface area contributed by atoms with Gasteiger partial charge in [-0.1, -0.05) is 18.2 Å². The van der Waals surface area contributed by atoms with Crippen LogP contribution in [0.2, 0.25) is 0 Å². The lowest BCUT2D eigenvalue weighted by molar-refractivity contribution is -0.115. The van der Waals surface area contributed by atoms with Gasteiger partial charge in [0.25, 0.3) is 0 Å². The summed E-state index contributed by atoms with van der Waals surface area (Å²) < 4.78 is 0. The highest BCUT2D eigenvalue weighted by atomic mass is 16.4. The van der Waals surface area contributed by atoms with E-state index >= 15 is 0 Å². The highest BCUT2D eigenvalue weighted by Crippen LogP contribution is 2.22. The van der Waals surface area contributed by atoms with E-state index < -0.39 is 11.9 Å². The average Bonchev–Trinajstić information content (AvgIpc) is 2.38. The Morgan fingerprint density at radius 1 is 1.32 bits per heavy atom. The summed E-state index contributed by atoms with van der Waals surface area (Å²) in [5, 5.41) is 20.6. The Morgan fingerprint density at radius 3 is 2.79 bits per heavy atom. The van der Waals surface area contributed by atoms with Crippen LogP contribution in [0.4, 0.5) is 5.69 Å². The predicted octanol–water partition coefficient (Wildman–Crippen LogP) is 1.79. The number of rotatable bonds is 3. The van der Waals surface area contributed by atoms with Crippen LogP contribution in [0.25, 0.3) is 10.9 Å². The van der Waals surface area contributed by atoms with Gasteiger partial charge in [0.2, 0.25) is 5.91 Å². The molecule has 1 heterocycles. The summed E-state index contributed by atoms with van der Waals surface area (Å²) in [5.41, 5.74) is 0.670. The van der Waals surface area contributed by atoms with E-state index in [2.05, 4.69) is 10.3 Å². The van der Waals surface area contributed by atoms with Gasteiger partial charge in [-0.15, -0.1) is 0 Å². The minimum Gasteiger partial charge on any atom is -0.477 e. The van der Waals surface area contributed by atoms with Crippen molar-refractivity contribution in [2.24, 2.45) is 0 Å². The topological polar surface area (TPSA) is 103 Å². The number of carboxylic acids is 1. The molecule has 0 aliphatic rings. The summed E-state index contributed by atoms with van der Waals surface area (Å²) in [6.07, 6.45) is -0.269. The van der Waals surface area contributed by atoms with Crippen molar-refractivity contribution in [2.75, 3.05) is 5.32 Å². The summed E-state index contributed by atoms with van der Waals surface area (Å²) in [6, 6.07) is 9.83. The predicted molar refractivity (Wildman–Crippen MR) is 67.6 cm³/mol. The first-order valence-electron chi connectivity index (χ1n) is 5.41. The van der Waals surface area contributed by atoms with Gasteiger partial charge in [-0.3, -0.25) is 4.79 Å². The molecule has 0 fully saturated rings. The molecule has 1 aromatic carbocycles. The van der Waals surface area contributed by atoms with Gasteiger partial charge in [0.05, 0.1) is 17.3 Å². The first kappa shape index (κ1) is 12.5. The van der Waals surface area contributed by atoms with E-state index in [1.807, 2.05) is 0 Å². The van der Waals surface area contributed by atoms with Crippen LogP contribution in [-0.2, 0) is 4.79 Å². The van der Waals surface area contributed by atoms with Gasteiger partial charge in [0.15, 0.2) is 0 Å². The summed E-state index contributed by atoms with van der Waals surface area (Å²) in [4.78, 5) is 26.3. The summed E-state index contributed by atoms with van der Waals surface area (Å²) in [7, 11) is 0. The van der Waals surface area contributed by atoms with Crippen molar-refractivity contribution < 1.29 is 14.7 Å². The number of amides is 1. The third-order valence-electron chi connectivity index (χ3n) is 2.45. The SMILES string of the molecule is N#CCC(=O)Nc1cccc2ccc(C(=O)O)nc12. The van der Waals surface area contributed by atoms with Gasteiger partial charge in [0.1, 0.15) is 12.1 Å². The molecule has 0 atom stereocenters. The number of aromatic nitrogens is 1. The molecule has 0 saturated carbocycles. The van der Waals surface area contributed by atoms with Crippen LogP contribution in [0.3, 0.4) is 0 Å². The number of hydrogen-bond donors (Lipinski definition) is 2. The number of nitrogens with zero attached hydrogens (tertiary/aromatic N) is 2. The second kappa shape index (κ2) is 5.14. The van der Waals surface area contributed by atoms with Crippen LogP contribution in [0.15, 0.2) is 30.3 Å². The molecule has 0 unspecified atom stereocenters. The first-order valence-corrected chi connectivity index (χ1v) is 5.41. The Bertz CT molecular complexity index is 704. The molecule has 94 valence electrons. The highest BCUT2D eigenvalue weighted by molar-refractivity contribution is 6.02. The molecule has 2 rings (SSSR count). The normalized spacial score (nSPS) is 9.84. The van der Waals surface area contributed by atoms with Gasteiger partial charge in [-0.05, 0) is 12.1 Å². The average molecular weight is 255 g/mol. The zero-order chi connectivity index (χ0) is 13.8. The fourth-order valence-corrected chi connectivity index (χ4v) is 1.63. The second-order valence-electron chi connectivity index (χ2n) is 3.76. The van der Waals surface area contributed by atoms with Gasteiger partial charge in [-0.2, -0.15) is 5.26 Å². The highest BCUT2D eigenvalue weighted by Gasteiger charge is 2.10. The number of aromatic carboxylic acids is 1. The third-order valence-corrected chi connectivity index (χ3v) is 2.45. The van der Waals surface area contributed by atoms with Gasteiger partial charge < -0.3 is 10.4 Å². The Hall–Kier alpha value is -2.94. The van der Waals surface area contributed by atoms with Gasteiger partial charge in [-0.25, -0.2) is 9.78 Å². The minimum absolute atomic E-state index is 0.102. The molecular formula is C13H9N3O3. The third kappa shape index (κ3) is 2.66. The van der Waals surface area contributed by atoms with E-state index in [1.54, 1.807) is 30.3 Å². The maximum absolute atomic E-state index is 11.4. The fourth-order valence-electron chi connectivity index (χ4n) is 1.63. The van der Waals surface area contributed by atoms with Crippen LogP contribution in [-0.4, -0.2) is 22.0 Å². The molecule has 1 amide bonds. The molecule has 0 aliphatic carbocycles. The fraction of sp³-hybridized carbons (Fsp3) is 0.0769. The Balaban J connectivity index is 2.48. The van der Waals surface area contributed by atoms with Crippen LogP contribution in [0.5, 0.6) is 0 Å². The van der Waals surface area contributed by atoms with Crippen LogP contribution in [0, 0.1) is 11.3 Å². The number of hydrogen-bond acceptors (Lipinski definition) is 4. The smallest absolute Gasteiger partial charge is 0.354 e. The number of nitriles is 1. The molecule has 6 nitrogen and oxygen atoms in total. The van der Waals surface area contributed by atoms with E-state index in [0.717, 1.165) is 0 Å². The van der Waals surface area contributed by atoms with E-state index in [-0.39, 0.29) is 12.1 Å². The molecule has 19 heavy (non-hydrogen) atoms. The van der Waals surface area contributed by atoms with Crippen molar-refractivity contribution >= 4 is 28.5 Å². The van der Waals surface area contributed by atoms with Crippen LogP contribution >= 0.6 is 0 Å². The lowest BCUT2D eigenvalue weighted by Gasteiger charge is -2.07. The van der Waals surface area contributed by atoms with Crippen molar-refractivity contribution in [3.63, 3.8) is 0 Å². The zero-order valence-corrected chi connectivity index (χ0v) is 9.75. The summed E-state index contributed by atoms with van der Waals surface area (Å²) in [6.45, 7) is 0. The monoisotopic (exact) mass is 255 g/mol. The van der Waals surface area contributed by atoms with Gasteiger partial charge >= 0.3 is 5.97 Å². The molecule has 0 saturated heterocycles. The van der Waals surface area contributed by atoms with E-state index in [4.69, 9.17) is 10.4 Å². The molecule has 0 bridgehead atoms. The number of anilines is 1. The number of pyridine rings is 1. The zero-order valence-electron chi connectivity index (χ0n) is 9.75. The standard InChI is InChI=1S/C13H9N3O3/c14-7-6-11(17)15-9-3-1-2-8-4-5-10(13(18)19)16-12(8)9/h1-5H,6H2,(H,15,17)(H,18,19). The Kier molecular flexibility index (Phi) is 3.39. The molecule has 2 aromatic rings. The van der Waals surface area contributed by atoms with Crippen molar-refractivity contribution in [3.8, 4) is 6.07 Å². The molecule has 2 N–H and O–H groups in total. The lowest BCUT2D eigenvalue weighted by atomic mass is 10.1. The maximum atomic E-state index is 11.4. The largest absolute Gasteiger partial charge is 0.477 e. The quantitative estimate of drug-likeness (QED) is 0.870. The van der Waals surface area contributed by atoms with Crippen LogP contribution in [0.1, 0.15) is 16.9 Å². The van der Waals surface area contributed by atoms with Crippen molar-refractivity contribution in [3.05, 3.63) is 36.0 Å². The molecule has 0 aliphatic heterocycles. The number of fused-ring (bicyclic) bond motifs is 1. The van der Waals surface area contributed by atoms with Crippen molar-refractivity contribution in [2.45, 2.75) is 6.42 Å². The van der Waals surface area contributed by atoms with Crippen LogP contribution < -0.4 is 5.32 Å². The molecular weight excluding hydrogens is 246 g/mol. The van der Waals surface area contributed by atoms with E-state index in [9.17, 15) is 9.59 Å². The first-order chi connectivity index (χ1) is 9.11. The van der Waals surface area contributed by atoms with Crippen molar-refractivity contribution in [1.29, 1.82) is 5.26 Å². The lowest BCUT2D eigenvalue weighted by Crippen LogP contribution is -2.11. The molecule has 0 spiro atoms. The Labute approximate surface area is 108 Å². The van der Waals surface area contributed by atoms with E-state index in [1.165, 1.54) is 6.07 Å². The minimum atomic E-state index is -1.14. The second-order valence-corrected chi connectivity index (χ2v) is 3.76. The number of nitrogens with one attached hydrogen (secondary N) is 1. The number of carbonyl (C=O) groups excluding carboxylic acids is 1.